The maximum Gasteiger partial charge on any atom is 0.331 e. The molecule has 1 fully saturated rings. The molecule has 5 rings (SSSR count). The van der Waals surface area contributed by atoms with E-state index >= 15 is 0 Å². The molecule has 0 spiro atoms. The molecular weight excluding hydrogens is 552 g/mol. The molecule has 220 valence electrons. The van der Waals surface area contributed by atoms with Gasteiger partial charge in [-0.25, -0.2) is 4.79 Å². The van der Waals surface area contributed by atoms with E-state index in [2.05, 4.69) is 0 Å². The standard InChI is InChI=1S/C30H28O12/c31-14-24-27(37)29(42-25(36)10-3-15-1-6-17(32)7-2-15)28(38)30(41-24)39-19-11-20(34)26-21(35)13-22(40-23(26)12-19)16-4-8-18(33)9-5-16/h1-12,22,24,27-34,37-38H,13-14H2. The van der Waals surface area contributed by atoms with Gasteiger partial charge in [-0.3, -0.25) is 4.79 Å². The number of carbonyl (C=O) groups is 2. The molecule has 12 nitrogen and oxygen atoms in total. The van der Waals surface area contributed by atoms with E-state index in [0.29, 0.717) is 11.1 Å². The molecule has 2 aliphatic heterocycles. The van der Waals surface area contributed by atoms with Gasteiger partial charge in [0.25, 0.3) is 0 Å². The number of aliphatic hydroxyl groups excluding tert-OH is 3. The van der Waals surface area contributed by atoms with E-state index in [0.717, 1.165) is 12.1 Å². The highest BCUT2D eigenvalue weighted by Crippen LogP contribution is 2.42. The molecule has 0 aromatic heterocycles. The van der Waals surface area contributed by atoms with E-state index in [1.165, 1.54) is 36.4 Å². The summed E-state index contributed by atoms with van der Waals surface area (Å²) in [6, 6.07) is 14.5. The zero-order valence-electron chi connectivity index (χ0n) is 21.9. The largest absolute Gasteiger partial charge is 0.508 e. The van der Waals surface area contributed by atoms with Gasteiger partial charge in [0.1, 0.15) is 52.6 Å². The molecule has 42 heavy (non-hydrogen) atoms. The van der Waals surface area contributed by atoms with Crippen molar-refractivity contribution in [2.75, 3.05) is 6.61 Å². The van der Waals surface area contributed by atoms with Gasteiger partial charge in [-0.05, 0) is 41.5 Å². The predicted octanol–water partition coefficient (Wildman–Crippen LogP) is 1.95. The lowest BCUT2D eigenvalue weighted by molar-refractivity contribution is -0.280. The van der Waals surface area contributed by atoms with Gasteiger partial charge in [-0.2, -0.15) is 0 Å². The van der Waals surface area contributed by atoms with Gasteiger partial charge in [-0.1, -0.05) is 24.3 Å². The van der Waals surface area contributed by atoms with Gasteiger partial charge < -0.3 is 49.6 Å². The Bertz CT molecular complexity index is 1470. The number of Topliss-reactive ketones (excluding diaryl/α,β-unsaturated/α-hetero) is 1. The third-order valence-electron chi connectivity index (χ3n) is 6.87. The second-order valence-corrected chi connectivity index (χ2v) is 9.79. The van der Waals surface area contributed by atoms with Crippen LogP contribution in [-0.4, -0.2) is 79.7 Å². The van der Waals surface area contributed by atoms with Crippen molar-refractivity contribution >= 4 is 17.8 Å². The second kappa shape index (κ2) is 12.1. The number of hydrogen-bond acceptors (Lipinski definition) is 12. The summed E-state index contributed by atoms with van der Waals surface area (Å²) in [5.74, 6) is -1.73. The molecule has 6 atom stereocenters. The number of esters is 1. The Morgan fingerprint density at radius 1 is 0.952 bits per heavy atom. The third-order valence-corrected chi connectivity index (χ3v) is 6.87. The maximum atomic E-state index is 12.8. The number of ether oxygens (including phenoxy) is 4. The molecule has 3 aromatic carbocycles. The molecule has 0 aliphatic carbocycles. The van der Waals surface area contributed by atoms with Crippen molar-refractivity contribution < 1.29 is 59.2 Å². The highest BCUT2D eigenvalue weighted by atomic mass is 16.7. The molecule has 2 aliphatic rings. The van der Waals surface area contributed by atoms with Gasteiger partial charge in [0.2, 0.25) is 6.29 Å². The normalized spacial score (nSPS) is 25.5. The van der Waals surface area contributed by atoms with Crippen LogP contribution in [0.5, 0.6) is 28.7 Å². The SMILES string of the molecule is O=C(C=Cc1ccc(O)cc1)OC1C(O)C(CO)OC(Oc2cc(O)c3c(c2)OC(c2ccc(O)cc2)CC3=O)C1O. The smallest absolute Gasteiger partial charge is 0.331 e. The van der Waals surface area contributed by atoms with E-state index in [4.69, 9.17) is 18.9 Å². The fourth-order valence-corrected chi connectivity index (χ4v) is 4.70. The zero-order valence-corrected chi connectivity index (χ0v) is 21.9. The summed E-state index contributed by atoms with van der Waals surface area (Å²) in [6.45, 7) is -0.702. The van der Waals surface area contributed by atoms with Crippen LogP contribution in [0.3, 0.4) is 0 Å². The van der Waals surface area contributed by atoms with Crippen molar-refractivity contribution in [2.45, 2.75) is 43.2 Å². The first-order valence-electron chi connectivity index (χ1n) is 13.0. The highest BCUT2D eigenvalue weighted by molar-refractivity contribution is 6.02. The van der Waals surface area contributed by atoms with E-state index in [9.17, 15) is 40.2 Å². The average molecular weight is 581 g/mol. The number of carbonyl (C=O) groups excluding carboxylic acids is 2. The maximum absolute atomic E-state index is 12.8. The van der Waals surface area contributed by atoms with Crippen molar-refractivity contribution in [3.63, 3.8) is 0 Å². The minimum Gasteiger partial charge on any atom is -0.508 e. The van der Waals surface area contributed by atoms with Gasteiger partial charge in [-0.15, -0.1) is 0 Å². The Morgan fingerprint density at radius 2 is 1.62 bits per heavy atom. The molecule has 3 aromatic rings. The fourth-order valence-electron chi connectivity index (χ4n) is 4.70. The van der Waals surface area contributed by atoms with Crippen molar-refractivity contribution in [1.29, 1.82) is 0 Å². The van der Waals surface area contributed by atoms with E-state index in [1.807, 2.05) is 0 Å². The van der Waals surface area contributed by atoms with Crippen LogP contribution in [0, 0.1) is 0 Å². The van der Waals surface area contributed by atoms with Crippen LogP contribution in [0.15, 0.2) is 66.7 Å². The first kappa shape index (κ1) is 28.9. The van der Waals surface area contributed by atoms with Crippen LogP contribution in [0.1, 0.15) is 34.0 Å². The van der Waals surface area contributed by atoms with Crippen molar-refractivity contribution in [2.24, 2.45) is 0 Å². The van der Waals surface area contributed by atoms with Crippen LogP contribution >= 0.6 is 0 Å². The first-order valence-corrected chi connectivity index (χ1v) is 13.0. The van der Waals surface area contributed by atoms with Crippen LogP contribution in [0.25, 0.3) is 6.08 Å². The molecule has 2 heterocycles. The van der Waals surface area contributed by atoms with Gasteiger partial charge >= 0.3 is 5.97 Å². The second-order valence-electron chi connectivity index (χ2n) is 9.79. The van der Waals surface area contributed by atoms with E-state index in [1.54, 1.807) is 24.3 Å². The quantitative estimate of drug-likeness (QED) is 0.176. The topological polar surface area (TPSA) is 192 Å². The third kappa shape index (κ3) is 6.16. The summed E-state index contributed by atoms with van der Waals surface area (Å²) in [5.41, 5.74) is 1.14. The van der Waals surface area contributed by atoms with Crippen molar-refractivity contribution in [1.82, 2.24) is 0 Å². The summed E-state index contributed by atoms with van der Waals surface area (Å²) >= 11 is 0. The van der Waals surface area contributed by atoms with Crippen LogP contribution in [-0.2, 0) is 14.3 Å². The number of aromatic hydroxyl groups is 3. The van der Waals surface area contributed by atoms with Gasteiger partial charge in [0, 0.05) is 18.2 Å². The molecular formula is C30H28O12. The minimum absolute atomic E-state index is 0.00529. The van der Waals surface area contributed by atoms with Crippen LogP contribution < -0.4 is 9.47 Å². The van der Waals surface area contributed by atoms with Crippen molar-refractivity contribution in [3.05, 3.63) is 83.4 Å². The summed E-state index contributed by atoms with van der Waals surface area (Å²) in [4.78, 5) is 25.3. The number of ketones is 1. The Hall–Kier alpha value is -4.62. The summed E-state index contributed by atoms with van der Waals surface area (Å²) in [6.07, 6.45) is -6.09. The lowest BCUT2D eigenvalue weighted by Gasteiger charge is -2.41. The highest BCUT2D eigenvalue weighted by Gasteiger charge is 2.48. The molecule has 0 amide bonds. The fraction of sp³-hybridized carbons (Fsp3) is 0.267. The number of phenols is 3. The lowest BCUT2D eigenvalue weighted by Crippen LogP contribution is -2.61. The Morgan fingerprint density at radius 3 is 2.29 bits per heavy atom. The Balaban J connectivity index is 1.33. The molecule has 0 saturated carbocycles. The van der Waals surface area contributed by atoms with Crippen LogP contribution in [0.2, 0.25) is 0 Å². The average Bonchev–Trinajstić information content (AvgIpc) is 2.96. The predicted molar refractivity (Wildman–Crippen MR) is 144 cm³/mol. The van der Waals surface area contributed by atoms with E-state index in [-0.39, 0.29) is 40.8 Å². The molecule has 0 bridgehead atoms. The van der Waals surface area contributed by atoms with E-state index < -0.39 is 55.1 Å². The number of hydrogen-bond donors (Lipinski definition) is 6. The van der Waals surface area contributed by atoms with Crippen molar-refractivity contribution in [3.8, 4) is 28.7 Å². The summed E-state index contributed by atoms with van der Waals surface area (Å²) in [5, 5.41) is 60.8. The zero-order chi connectivity index (χ0) is 30.0. The molecule has 12 heteroatoms. The Kier molecular flexibility index (Phi) is 8.31. The molecule has 1 saturated heterocycles. The number of fused-ring (bicyclic) bond motifs is 1. The summed E-state index contributed by atoms with van der Waals surface area (Å²) < 4.78 is 22.5. The molecule has 6 unspecified atom stereocenters. The van der Waals surface area contributed by atoms with Gasteiger partial charge in [0.05, 0.1) is 13.0 Å². The van der Waals surface area contributed by atoms with Gasteiger partial charge in [0.15, 0.2) is 18.0 Å². The lowest BCUT2D eigenvalue weighted by atomic mass is 9.95. The Labute approximate surface area is 239 Å². The minimum atomic E-state index is -1.74. The van der Waals surface area contributed by atoms with Crippen LogP contribution in [0.4, 0.5) is 0 Å². The molecule has 0 radical (unpaired) electrons. The number of benzene rings is 3. The monoisotopic (exact) mass is 580 g/mol. The first-order chi connectivity index (χ1) is 20.1. The number of aliphatic hydroxyl groups is 3. The number of rotatable bonds is 7. The summed E-state index contributed by atoms with van der Waals surface area (Å²) in [7, 11) is 0. The number of phenolic OH excluding ortho intramolecular Hbond substituents is 3. The molecule has 6 N–H and O–H groups in total.